The average molecular weight is 234 g/mol. The summed E-state index contributed by atoms with van der Waals surface area (Å²) in [5, 5.41) is 22.0. The molecule has 0 radical (unpaired) electrons. The van der Waals surface area contributed by atoms with E-state index in [9.17, 15) is 10.1 Å². The normalized spacial score (nSPS) is 17.1. The average Bonchev–Trinajstić information content (AvgIpc) is 2.19. The molecule has 1 aliphatic heterocycles. The minimum atomic E-state index is -0.753. The first-order chi connectivity index (χ1) is 6.66. The van der Waals surface area contributed by atoms with E-state index in [1.54, 1.807) is 4.90 Å². The predicted octanol–water partition coefficient (Wildman–Crippen LogP) is -0.759. The highest BCUT2D eigenvalue weighted by atomic mass is 35.5. The fourth-order valence-corrected chi connectivity index (χ4v) is 1.25. The molecule has 3 N–H and O–H groups in total. The van der Waals surface area contributed by atoms with Crippen molar-refractivity contribution in [3.05, 3.63) is 21.6 Å². The second-order valence-electron chi connectivity index (χ2n) is 2.84. The summed E-state index contributed by atoms with van der Waals surface area (Å²) >= 11 is 0. The number of piperazine rings is 1. The van der Waals surface area contributed by atoms with Crippen LogP contribution in [-0.4, -0.2) is 36.0 Å². The first kappa shape index (κ1) is 13.5. The first-order valence-electron chi connectivity index (χ1n) is 4.16. The molecule has 0 spiro atoms. The number of halogens is 1. The molecule has 1 heterocycles. The molecule has 8 heteroatoms. The highest BCUT2D eigenvalue weighted by molar-refractivity contribution is 5.85. The number of nitrogens with one attached hydrogen (secondary N) is 1. The Morgan fingerprint density at radius 2 is 2.07 bits per heavy atom. The number of nitrogens with two attached hydrogens (primary N) is 1. The number of hydrogen-bond donors (Lipinski definition) is 2. The van der Waals surface area contributed by atoms with Crippen molar-refractivity contribution in [3.63, 3.8) is 0 Å². The van der Waals surface area contributed by atoms with E-state index in [1.165, 1.54) is 6.07 Å². The highest BCUT2D eigenvalue weighted by Crippen LogP contribution is 2.05. The van der Waals surface area contributed by atoms with Gasteiger partial charge in [-0.3, -0.25) is 10.1 Å². The molecular weight excluding hydrogens is 222 g/mol. The van der Waals surface area contributed by atoms with Crippen LogP contribution >= 0.6 is 12.4 Å². The third kappa shape index (κ3) is 3.27. The van der Waals surface area contributed by atoms with Crippen LogP contribution in [0.25, 0.3) is 0 Å². The lowest BCUT2D eigenvalue weighted by Crippen LogP contribution is -2.45. The summed E-state index contributed by atoms with van der Waals surface area (Å²) < 4.78 is 0. The molecule has 0 aromatic heterocycles. The van der Waals surface area contributed by atoms with Gasteiger partial charge in [0.25, 0.3) is 0 Å². The summed E-state index contributed by atoms with van der Waals surface area (Å²) in [5.41, 5.74) is 4.94. The molecule has 1 rings (SSSR count). The molecule has 84 valence electrons. The molecule has 15 heavy (non-hydrogen) atoms. The minimum absolute atomic E-state index is 0. The van der Waals surface area contributed by atoms with Crippen molar-refractivity contribution in [1.29, 1.82) is 5.26 Å². The van der Waals surface area contributed by atoms with Crippen molar-refractivity contribution in [1.82, 2.24) is 10.2 Å². The summed E-state index contributed by atoms with van der Waals surface area (Å²) in [6, 6.07) is 1.49. The molecule has 0 unspecified atom stereocenters. The largest absolute Gasteiger partial charge is 0.385 e. The van der Waals surface area contributed by atoms with E-state index in [4.69, 9.17) is 11.0 Å². The van der Waals surface area contributed by atoms with E-state index in [1.807, 2.05) is 0 Å². The van der Waals surface area contributed by atoms with Crippen molar-refractivity contribution in [2.75, 3.05) is 26.2 Å². The Morgan fingerprint density at radius 3 is 2.47 bits per heavy atom. The summed E-state index contributed by atoms with van der Waals surface area (Å²) in [4.78, 5) is 11.3. The zero-order valence-corrected chi connectivity index (χ0v) is 8.79. The zero-order chi connectivity index (χ0) is 10.6. The lowest BCUT2D eigenvalue weighted by Gasteiger charge is -2.28. The Bertz CT molecular complexity index is 305. The van der Waals surface area contributed by atoms with E-state index >= 15 is 0 Å². The Labute approximate surface area is 93.1 Å². The Morgan fingerprint density at radius 1 is 1.53 bits per heavy atom. The summed E-state index contributed by atoms with van der Waals surface area (Å²) in [6.45, 7) is 2.62. The first-order valence-corrected chi connectivity index (χ1v) is 4.16. The number of allylic oxidation sites excluding steroid dienone is 1. The van der Waals surface area contributed by atoms with E-state index in [2.05, 4.69) is 5.32 Å². The fraction of sp³-hybridized carbons (Fsp3) is 0.571. The van der Waals surface area contributed by atoms with Crippen LogP contribution in [-0.2, 0) is 0 Å². The predicted molar refractivity (Wildman–Crippen MR) is 55.5 cm³/mol. The standard InChI is InChI=1S/C7H11N5O2.ClH/c8-5-6(12(13)14)7(9)11-3-1-10-2-4-11;/h10H,1-4,9H2;1H/b7-6-;. The number of nitrogens with zero attached hydrogens (tertiary/aromatic N) is 3. The molecule has 1 fully saturated rings. The van der Waals surface area contributed by atoms with Gasteiger partial charge >= 0.3 is 5.70 Å². The van der Waals surface area contributed by atoms with Gasteiger partial charge in [-0.15, -0.1) is 12.4 Å². The van der Waals surface area contributed by atoms with E-state index in [-0.39, 0.29) is 18.2 Å². The molecule has 0 atom stereocenters. The van der Waals surface area contributed by atoms with Gasteiger partial charge in [-0.2, -0.15) is 5.26 Å². The van der Waals surface area contributed by atoms with Gasteiger partial charge < -0.3 is 16.0 Å². The van der Waals surface area contributed by atoms with Gasteiger partial charge in [0, 0.05) is 26.2 Å². The van der Waals surface area contributed by atoms with Crippen molar-refractivity contribution in [2.45, 2.75) is 0 Å². The van der Waals surface area contributed by atoms with Gasteiger partial charge in [0.05, 0.1) is 4.92 Å². The topological polar surface area (TPSA) is 108 Å². The van der Waals surface area contributed by atoms with Crippen LogP contribution in [0.1, 0.15) is 0 Å². The van der Waals surface area contributed by atoms with Crippen LogP contribution in [0.2, 0.25) is 0 Å². The van der Waals surface area contributed by atoms with Crippen molar-refractivity contribution < 1.29 is 4.92 Å². The SMILES string of the molecule is Cl.N#C/C(=C(\N)N1CCNCC1)[N+](=O)[O-]. The number of nitro groups is 1. The molecule has 0 aromatic rings. The van der Waals surface area contributed by atoms with Crippen molar-refractivity contribution in [2.24, 2.45) is 5.73 Å². The third-order valence-corrected chi connectivity index (χ3v) is 1.99. The van der Waals surface area contributed by atoms with E-state index < -0.39 is 10.6 Å². The molecule has 1 aliphatic rings. The van der Waals surface area contributed by atoms with Crippen LogP contribution in [0.15, 0.2) is 11.5 Å². The summed E-state index contributed by atoms with van der Waals surface area (Å²) in [7, 11) is 0. The van der Waals surface area contributed by atoms with Gasteiger partial charge in [0.2, 0.25) is 0 Å². The molecule has 7 nitrogen and oxygen atoms in total. The van der Waals surface area contributed by atoms with Crippen molar-refractivity contribution in [3.8, 4) is 6.07 Å². The number of nitriles is 1. The zero-order valence-electron chi connectivity index (χ0n) is 7.97. The third-order valence-electron chi connectivity index (χ3n) is 1.99. The molecular formula is C7H12ClN5O2. The van der Waals surface area contributed by atoms with Gasteiger partial charge in [0.15, 0.2) is 11.9 Å². The summed E-state index contributed by atoms with van der Waals surface area (Å²) in [6.07, 6.45) is 0. The quantitative estimate of drug-likeness (QED) is 0.369. The van der Waals surface area contributed by atoms with Crippen LogP contribution in [0.5, 0.6) is 0 Å². The maximum absolute atomic E-state index is 10.4. The van der Waals surface area contributed by atoms with Gasteiger partial charge in [-0.05, 0) is 0 Å². The van der Waals surface area contributed by atoms with Gasteiger partial charge in [-0.1, -0.05) is 0 Å². The van der Waals surface area contributed by atoms with Gasteiger partial charge in [-0.25, -0.2) is 0 Å². The van der Waals surface area contributed by atoms with Crippen LogP contribution in [0, 0.1) is 21.4 Å². The van der Waals surface area contributed by atoms with E-state index in [0.717, 1.165) is 13.1 Å². The second kappa shape index (κ2) is 6.06. The van der Waals surface area contributed by atoms with Crippen LogP contribution < -0.4 is 11.1 Å². The van der Waals surface area contributed by atoms with Gasteiger partial charge in [0.1, 0.15) is 0 Å². The van der Waals surface area contributed by atoms with Crippen molar-refractivity contribution >= 4 is 12.4 Å². The Balaban J connectivity index is 0.00000196. The Hall–Kier alpha value is -1.52. The molecule has 0 aliphatic carbocycles. The summed E-state index contributed by atoms with van der Waals surface area (Å²) in [5.74, 6) is -0.0426. The fourth-order valence-electron chi connectivity index (χ4n) is 1.25. The smallest absolute Gasteiger partial charge is 0.379 e. The van der Waals surface area contributed by atoms with E-state index in [0.29, 0.717) is 13.1 Å². The number of hydrogen-bond acceptors (Lipinski definition) is 6. The maximum atomic E-state index is 10.4. The lowest BCUT2D eigenvalue weighted by atomic mass is 10.3. The lowest BCUT2D eigenvalue weighted by molar-refractivity contribution is -0.419. The maximum Gasteiger partial charge on any atom is 0.385 e. The van der Waals surface area contributed by atoms with Crippen LogP contribution in [0.3, 0.4) is 0 Å². The monoisotopic (exact) mass is 233 g/mol. The molecule has 0 bridgehead atoms. The molecule has 0 saturated carbocycles. The molecule has 0 aromatic carbocycles. The molecule has 0 amide bonds. The number of rotatable bonds is 2. The second-order valence-corrected chi connectivity index (χ2v) is 2.84. The molecule has 1 saturated heterocycles. The van der Waals surface area contributed by atoms with Crippen LogP contribution in [0.4, 0.5) is 0 Å². The highest BCUT2D eigenvalue weighted by Gasteiger charge is 2.21. The minimum Gasteiger partial charge on any atom is -0.379 e. The Kier molecular flexibility index (Phi) is 5.44.